The van der Waals surface area contributed by atoms with E-state index in [1.165, 1.54) is 11.1 Å². The lowest BCUT2D eigenvalue weighted by Crippen LogP contribution is -2.37. The third kappa shape index (κ3) is 2.96. The van der Waals surface area contributed by atoms with Crippen LogP contribution in [0.25, 0.3) is 6.08 Å². The van der Waals surface area contributed by atoms with Crippen LogP contribution in [0.4, 0.5) is 0 Å². The number of nitrogens with one attached hydrogen (secondary N) is 1. The van der Waals surface area contributed by atoms with Crippen LogP contribution in [-0.4, -0.2) is 20.2 Å². The second kappa shape index (κ2) is 5.45. The maximum Gasteiger partial charge on any atom is 0.133 e. The van der Waals surface area contributed by atoms with Crippen LogP contribution in [-0.2, 0) is 0 Å². The quantitative estimate of drug-likeness (QED) is 0.895. The molecule has 0 saturated carbocycles. The maximum atomic E-state index is 5.25. The minimum absolute atomic E-state index is 0.241. The van der Waals surface area contributed by atoms with E-state index in [9.17, 15) is 0 Å². The highest BCUT2D eigenvalue weighted by Crippen LogP contribution is 2.33. The normalized spacial score (nSPS) is 21.0. The molecule has 0 spiro atoms. The molecule has 0 aliphatic carbocycles. The van der Waals surface area contributed by atoms with E-state index in [0.29, 0.717) is 0 Å². The van der Waals surface area contributed by atoms with Crippen LogP contribution in [0.15, 0.2) is 28.2 Å². The van der Waals surface area contributed by atoms with Crippen molar-refractivity contribution < 1.29 is 4.74 Å². The van der Waals surface area contributed by atoms with Crippen molar-refractivity contribution in [3.8, 4) is 5.75 Å². The summed E-state index contributed by atoms with van der Waals surface area (Å²) in [4.78, 5) is 0. The molecular formula is C15H20BrNO. The topological polar surface area (TPSA) is 21.3 Å². The number of hydrogen-bond acceptors (Lipinski definition) is 2. The Bertz CT molecular complexity index is 466. The first-order chi connectivity index (χ1) is 8.53. The number of benzene rings is 1. The summed E-state index contributed by atoms with van der Waals surface area (Å²) in [6.07, 6.45) is 3.43. The van der Waals surface area contributed by atoms with Crippen LogP contribution < -0.4 is 10.1 Å². The summed E-state index contributed by atoms with van der Waals surface area (Å²) in [6, 6.07) is 6.23. The average molecular weight is 310 g/mol. The molecule has 1 N–H and O–H groups in total. The van der Waals surface area contributed by atoms with Gasteiger partial charge in [0.1, 0.15) is 5.75 Å². The molecule has 1 heterocycles. The molecule has 18 heavy (non-hydrogen) atoms. The number of ether oxygens (including phenoxy) is 1. The average Bonchev–Trinajstić information content (AvgIpc) is 2.32. The smallest absolute Gasteiger partial charge is 0.133 e. The lowest BCUT2D eigenvalue weighted by atomic mass is 9.79. The van der Waals surface area contributed by atoms with Crippen LogP contribution in [0.1, 0.15) is 25.8 Å². The van der Waals surface area contributed by atoms with Gasteiger partial charge in [-0.3, -0.25) is 0 Å². The van der Waals surface area contributed by atoms with Crippen LogP contribution in [0.5, 0.6) is 5.75 Å². The Labute approximate surface area is 118 Å². The molecule has 1 aromatic carbocycles. The first-order valence-electron chi connectivity index (χ1n) is 6.28. The summed E-state index contributed by atoms with van der Waals surface area (Å²) < 4.78 is 6.26. The van der Waals surface area contributed by atoms with E-state index in [1.807, 2.05) is 6.07 Å². The Morgan fingerprint density at radius 1 is 1.39 bits per heavy atom. The van der Waals surface area contributed by atoms with E-state index < -0.39 is 0 Å². The van der Waals surface area contributed by atoms with Crippen molar-refractivity contribution in [2.24, 2.45) is 5.41 Å². The van der Waals surface area contributed by atoms with Crippen LogP contribution in [0.2, 0.25) is 0 Å². The van der Waals surface area contributed by atoms with E-state index in [0.717, 1.165) is 29.7 Å². The van der Waals surface area contributed by atoms with Gasteiger partial charge < -0.3 is 10.1 Å². The van der Waals surface area contributed by atoms with Gasteiger partial charge in [-0.05, 0) is 52.0 Å². The summed E-state index contributed by atoms with van der Waals surface area (Å²) in [6.45, 7) is 6.72. The third-order valence-electron chi connectivity index (χ3n) is 3.52. The lowest BCUT2D eigenvalue weighted by molar-refractivity contribution is 0.360. The van der Waals surface area contributed by atoms with Crippen LogP contribution in [0, 0.1) is 5.41 Å². The van der Waals surface area contributed by atoms with E-state index in [2.05, 4.69) is 53.3 Å². The Morgan fingerprint density at radius 3 is 2.78 bits per heavy atom. The Balaban J connectivity index is 2.29. The van der Waals surface area contributed by atoms with E-state index in [-0.39, 0.29) is 5.41 Å². The summed E-state index contributed by atoms with van der Waals surface area (Å²) in [5.74, 6) is 0.877. The number of methoxy groups -OCH3 is 1. The largest absolute Gasteiger partial charge is 0.496 e. The predicted molar refractivity (Wildman–Crippen MR) is 79.9 cm³/mol. The van der Waals surface area contributed by atoms with Gasteiger partial charge >= 0.3 is 0 Å². The monoisotopic (exact) mass is 309 g/mol. The summed E-state index contributed by atoms with van der Waals surface area (Å²) in [5, 5.41) is 3.45. The molecule has 0 atom stereocenters. The fourth-order valence-corrected chi connectivity index (χ4v) is 2.88. The van der Waals surface area contributed by atoms with Crippen molar-refractivity contribution in [2.45, 2.75) is 20.3 Å². The predicted octanol–water partition coefficient (Wildman–Crippen LogP) is 3.86. The molecule has 2 nitrogen and oxygen atoms in total. The fourth-order valence-electron chi connectivity index (χ4n) is 2.32. The van der Waals surface area contributed by atoms with Crippen molar-refractivity contribution in [3.63, 3.8) is 0 Å². The Kier molecular flexibility index (Phi) is 4.13. The van der Waals surface area contributed by atoms with Crippen molar-refractivity contribution in [3.05, 3.63) is 33.8 Å². The highest BCUT2D eigenvalue weighted by Gasteiger charge is 2.25. The lowest BCUT2D eigenvalue weighted by Gasteiger charge is -2.33. The molecule has 1 fully saturated rings. The highest BCUT2D eigenvalue weighted by molar-refractivity contribution is 9.10. The van der Waals surface area contributed by atoms with Gasteiger partial charge in [-0.15, -0.1) is 0 Å². The minimum Gasteiger partial charge on any atom is -0.496 e. The molecule has 1 saturated heterocycles. The van der Waals surface area contributed by atoms with Gasteiger partial charge in [0.25, 0.3) is 0 Å². The van der Waals surface area contributed by atoms with Crippen LogP contribution >= 0.6 is 15.9 Å². The maximum absolute atomic E-state index is 5.25. The Hall–Kier alpha value is -0.800. The SMILES string of the molecule is COc1ccc(/C=C2/CCNCC2(C)C)cc1Br. The molecule has 1 aliphatic rings. The summed E-state index contributed by atoms with van der Waals surface area (Å²) in [7, 11) is 1.69. The molecule has 0 aromatic heterocycles. The summed E-state index contributed by atoms with van der Waals surface area (Å²) in [5.41, 5.74) is 2.98. The zero-order valence-electron chi connectivity index (χ0n) is 11.2. The van der Waals surface area contributed by atoms with Gasteiger partial charge in [-0.2, -0.15) is 0 Å². The Morgan fingerprint density at radius 2 is 2.17 bits per heavy atom. The van der Waals surface area contributed by atoms with Gasteiger partial charge in [-0.1, -0.05) is 31.6 Å². The number of hydrogen-bond donors (Lipinski definition) is 1. The van der Waals surface area contributed by atoms with Crippen molar-refractivity contribution in [2.75, 3.05) is 20.2 Å². The standard InChI is InChI=1S/C15H20BrNO/c1-15(2)10-17-7-6-12(15)8-11-4-5-14(18-3)13(16)9-11/h4-5,8-9,17H,6-7,10H2,1-3H3/b12-8-. The molecule has 2 rings (SSSR count). The minimum atomic E-state index is 0.241. The van der Waals surface area contributed by atoms with Crippen molar-refractivity contribution >= 4 is 22.0 Å². The molecule has 98 valence electrons. The molecule has 3 heteroatoms. The first-order valence-corrected chi connectivity index (χ1v) is 7.07. The number of halogens is 1. The second-order valence-corrected chi connectivity index (χ2v) is 6.23. The van der Waals surface area contributed by atoms with Gasteiger partial charge in [0.2, 0.25) is 0 Å². The zero-order chi connectivity index (χ0) is 13.2. The third-order valence-corrected chi connectivity index (χ3v) is 4.14. The molecule has 1 aromatic rings. The fraction of sp³-hybridized carbons (Fsp3) is 0.467. The zero-order valence-corrected chi connectivity index (χ0v) is 12.8. The molecule has 0 bridgehead atoms. The van der Waals surface area contributed by atoms with E-state index in [1.54, 1.807) is 7.11 Å². The van der Waals surface area contributed by atoms with Crippen molar-refractivity contribution in [1.82, 2.24) is 5.32 Å². The van der Waals surface area contributed by atoms with E-state index in [4.69, 9.17) is 4.74 Å². The van der Waals surface area contributed by atoms with Crippen LogP contribution in [0.3, 0.4) is 0 Å². The van der Waals surface area contributed by atoms with Gasteiger partial charge in [0.05, 0.1) is 11.6 Å². The van der Waals surface area contributed by atoms with Gasteiger partial charge in [-0.25, -0.2) is 0 Å². The molecule has 0 radical (unpaired) electrons. The van der Waals surface area contributed by atoms with Crippen molar-refractivity contribution in [1.29, 1.82) is 0 Å². The first kappa shape index (κ1) is 13.6. The van der Waals surface area contributed by atoms with Gasteiger partial charge in [0.15, 0.2) is 0 Å². The number of piperidine rings is 1. The highest BCUT2D eigenvalue weighted by atomic mass is 79.9. The molecule has 0 amide bonds. The van der Waals surface area contributed by atoms with E-state index >= 15 is 0 Å². The molecule has 0 unspecified atom stereocenters. The molecule has 1 aliphatic heterocycles. The van der Waals surface area contributed by atoms with Gasteiger partial charge in [0, 0.05) is 6.54 Å². The molecular weight excluding hydrogens is 290 g/mol. The number of rotatable bonds is 2. The summed E-state index contributed by atoms with van der Waals surface area (Å²) >= 11 is 3.53. The second-order valence-electron chi connectivity index (χ2n) is 5.37.